The monoisotopic (exact) mass is 265 g/mol. The third-order valence-corrected chi connectivity index (χ3v) is 2.68. The number of rotatable bonds is 7. The Morgan fingerprint density at radius 2 is 1.84 bits per heavy atom. The van der Waals surface area contributed by atoms with Gasteiger partial charge in [0.15, 0.2) is 0 Å². The molecule has 0 aliphatic rings. The molecule has 1 amide bonds. The second kappa shape index (κ2) is 7.41. The Labute approximate surface area is 112 Å². The van der Waals surface area contributed by atoms with Gasteiger partial charge in [-0.3, -0.25) is 9.59 Å². The van der Waals surface area contributed by atoms with E-state index in [4.69, 9.17) is 9.84 Å². The fraction of sp³-hybridized carbons (Fsp3) is 0.429. The number of aliphatic carboxylic acids is 1. The van der Waals surface area contributed by atoms with Crippen molar-refractivity contribution in [3.63, 3.8) is 0 Å². The van der Waals surface area contributed by atoms with Gasteiger partial charge in [0.25, 0.3) is 5.91 Å². The summed E-state index contributed by atoms with van der Waals surface area (Å²) in [6.07, 6.45) is -0.0450. The maximum absolute atomic E-state index is 12.1. The van der Waals surface area contributed by atoms with Gasteiger partial charge in [-0.05, 0) is 38.1 Å². The van der Waals surface area contributed by atoms with E-state index in [1.165, 1.54) is 4.90 Å². The first-order valence-corrected chi connectivity index (χ1v) is 6.32. The molecule has 0 atom stereocenters. The zero-order valence-corrected chi connectivity index (χ0v) is 11.3. The number of carbonyl (C=O) groups is 2. The van der Waals surface area contributed by atoms with Gasteiger partial charge in [0.05, 0.1) is 13.0 Å². The van der Waals surface area contributed by atoms with E-state index in [1.807, 2.05) is 13.8 Å². The fourth-order valence-corrected chi connectivity index (χ4v) is 1.68. The first-order valence-electron chi connectivity index (χ1n) is 6.32. The molecule has 0 bridgehead atoms. The molecule has 0 radical (unpaired) electrons. The van der Waals surface area contributed by atoms with Gasteiger partial charge in [-0.2, -0.15) is 0 Å². The maximum Gasteiger partial charge on any atom is 0.305 e. The summed E-state index contributed by atoms with van der Waals surface area (Å²) in [7, 11) is 0. The quantitative estimate of drug-likeness (QED) is 0.819. The number of benzene rings is 1. The van der Waals surface area contributed by atoms with Crippen molar-refractivity contribution in [1.29, 1.82) is 0 Å². The number of carboxylic acid groups (broad SMARTS) is 1. The number of ether oxygens (including phenoxy) is 1. The molecule has 1 aromatic rings. The van der Waals surface area contributed by atoms with Crippen LogP contribution in [0.5, 0.6) is 5.75 Å². The molecular weight excluding hydrogens is 246 g/mol. The molecule has 0 saturated carbocycles. The number of hydrogen-bond donors (Lipinski definition) is 1. The standard InChI is InChI=1S/C14H19NO4/c1-3-15(10-9-13(16)17)14(18)11-5-7-12(8-6-11)19-4-2/h5-8H,3-4,9-10H2,1-2H3,(H,16,17). The Balaban J connectivity index is 2.70. The van der Waals surface area contributed by atoms with Crippen LogP contribution in [0.2, 0.25) is 0 Å². The average Bonchev–Trinajstić information content (AvgIpc) is 2.40. The van der Waals surface area contributed by atoms with Crippen LogP contribution in [0, 0.1) is 0 Å². The molecule has 1 rings (SSSR count). The summed E-state index contributed by atoms with van der Waals surface area (Å²) in [6, 6.07) is 6.86. The summed E-state index contributed by atoms with van der Waals surface area (Å²) in [5, 5.41) is 8.65. The van der Waals surface area contributed by atoms with E-state index >= 15 is 0 Å². The molecule has 0 aliphatic heterocycles. The zero-order valence-electron chi connectivity index (χ0n) is 11.3. The largest absolute Gasteiger partial charge is 0.494 e. The SMILES string of the molecule is CCOc1ccc(C(=O)N(CC)CCC(=O)O)cc1. The third-order valence-electron chi connectivity index (χ3n) is 2.68. The summed E-state index contributed by atoms with van der Waals surface area (Å²) in [5.74, 6) is -0.350. The van der Waals surface area contributed by atoms with E-state index in [0.717, 1.165) is 0 Å². The normalized spacial score (nSPS) is 10.0. The van der Waals surface area contributed by atoms with Crippen LogP contribution < -0.4 is 4.74 Å². The summed E-state index contributed by atoms with van der Waals surface area (Å²) < 4.78 is 5.30. The lowest BCUT2D eigenvalue weighted by Crippen LogP contribution is -2.32. The third kappa shape index (κ3) is 4.62. The molecule has 0 aromatic heterocycles. The van der Waals surface area contributed by atoms with Gasteiger partial charge in [0.2, 0.25) is 0 Å². The molecule has 19 heavy (non-hydrogen) atoms. The lowest BCUT2D eigenvalue weighted by Gasteiger charge is -2.20. The minimum absolute atomic E-state index is 0.0450. The predicted molar refractivity (Wildman–Crippen MR) is 71.4 cm³/mol. The second-order valence-electron chi connectivity index (χ2n) is 3.99. The molecule has 5 heteroatoms. The summed E-state index contributed by atoms with van der Waals surface area (Å²) in [5.41, 5.74) is 0.538. The Morgan fingerprint density at radius 1 is 1.21 bits per heavy atom. The van der Waals surface area contributed by atoms with Crippen LogP contribution in [0.25, 0.3) is 0 Å². The van der Waals surface area contributed by atoms with Crippen molar-refractivity contribution in [3.05, 3.63) is 29.8 Å². The van der Waals surface area contributed by atoms with Gasteiger partial charge in [0, 0.05) is 18.7 Å². The van der Waals surface area contributed by atoms with Crippen LogP contribution in [-0.2, 0) is 4.79 Å². The predicted octanol–water partition coefficient (Wildman–Crippen LogP) is 2.02. The van der Waals surface area contributed by atoms with Crippen molar-refractivity contribution >= 4 is 11.9 Å². The zero-order chi connectivity index (χ0) is 14.3. The van der Waals surface area contributed by atoms with E-state index in [0.29, 0.717) is 24.5 Å². The van der Waals surface area contributed by atoms with Crippen LogP contribution in [0.4, 0.5) is 0 Å². The Morgan fingerprint density at radius 3 is 2.32 bits per heavy atom. The van der Waals surface area contributed by atoms with Crippen LogP contribution in [-0.4, -0.2) is 41.6 Å². The second-order valence-corrected chi connectivity index (χ2v) is 3.99. The van der Waals surface area contributed by atoms with Crippen LogP contribution in [0.1, 0.15) is 30.6 Å². The smallest absolute Gasteiger partial charge is 0.305 e. The van der Waals surface area contributed by atoms with Crippen LogP contribution in [0.15, 0.2) is 24.3 Å². The lowest BCUT2D eigenvalue weighted by molar-refractivity contribution is -0.137. The number of carboxylic acids is 1. The average molecular weight is 265 g/mol. The van der Waals surface area contributed by atoms with E-state index in [1.54, 1.807) is 24.3 Å². The first kappa shape index (κ1) is 15.0. The molecule has 0 aliphatic carbocycles. The molecule has 5 nitrogen and oxygen atoms in total. The lowest BCUT2D eigenvalue weighted by atomic mass is 10.2. The highest BCUT2D eigenvalue weighted by atomic mass is 16.5. The van der Waals surface area contributed by atoms with Gasteiger partial charge >= 0.3 is 5.97 Å². The van der Waals surface area contributed by atoms with Crippen LogP contribution in [0.3, 0.4) is 0 Å². The van der Waals surface area contributed by atoms with E-state index in [-0.39, 0.29) is 18.9 Å². The van der Waals surface area contributed by atoms with Gasteiger partial charge in [-0.1, -0.05) is 0 Å². The number of hydrogen-bond acceptors (Lipinski definition) is 3. The minimum Gasteiger partial charge on any atom is -0.494 e. The highest BCUT2D eigenvalue weighted by Gasteiger charge is 2.15. The van der Waals surface area contributed by atoms with E-state index < -0.39 is 5.97 Å². The first-order chi connectivity index (χ1) is 9.08. The molecule has 1 aromatic carbocycles. The van der Waals surface area contributed by atoms with Gasteiger partial charge < -0.3 is 14.7 Å². The fourth-order valence-electron chi connectivity index (χ4n) is 1.68. The number of nitrogens with zero attached hydrogens (tertiary/aromatic N) is 1. The molecule has 0 unspecified atom stereocenters. The van der Waals surface area contributed by atoms with Crippen molar-refractivity contribution < 1.29 is 19.4 Å². The minimum atomic E-state index is -0.905. The molecule has 0 fully saturated rings. The highest BCUT2D eigenvalue weighted by Crippen LogP contribution is 2.13. The maximum atomic E-state index is 12.1. The number of amides is 1. The molecule has 0 saturated heterocycles. The van der Waals surface area contributed by atoms with Gasteiger partial charge in [0.1, 0.15) is 5.75 Å². The number of carbonyl (C=O) groups excluding carboxylic acids is 1. The summed E-state index contributed by atoms with van der Waals surface area (Å²) in [4.78, 5) is 24.2. The molecule has 104 valence electrons. The van der Waals surface area contributed by atoms with E-state index in [9.17, 15) is 9.59 Å². The van der Waals surface area contributed by atoms with Crippen molar-refractivity contribution in [2.45, 2.75) is 20.3 Å². The Hall–Kier alpha value is -2.04. The van der Waals surface area contributed by atoms with Gasteiger partial charge in [-0.15, -0.1) is 0 Å². The summed E-state index contributed by atoms with van der Waals surface area (Å²) in [6.45, 7) is 5.00. The molecule has 0 spiro atoms. The topological polar surface area (TPSA) is 66.8 Å². The van der Waals surface area contributed by atoms with E-state index in [2.05, 4.69) is 0 Å². The Bertz CT molecular complexity index is 428. The van der Waals surface area contributed by atoms with Crippen LogP contribution >= 0.6 is 0 Å². The van der Waals surface area contributed by atoms with Gasteiger partial charge in [-0.25, -0.2) is 0 Å². The van der Waals surface area contributed by atoms with Crippen molar-refractivity contribution in [2.75, 3.05) is 19.7 Å². The Kier molecular flexibility index (Phi) is 5.85. The van der Waals surface area contributed by atoms with Crippen molar-refractivity contribution in [1.82, 2.24) is 4.90 Å². The highest BCUT2D eigenvalue weighted by molar-refractivity contribution is 5.94. The summed E-state index contributed by atoms with van der Waals surface area (Å²) >= 11 is 0. The molecule has 0 heterocycles. The van der Waals surface area contributed by atoms with Crippen molar-refractivity contribution in [2.24, 2.45) is 0 Å². The van der Waals surface area contributed by atoms with Crippen molar-refractivity contribution in [3.8, 4) is 5.75 Å². The molecule has 1 N–H and O–H groups in total. The molecular formula is C14H19NO4.